The van der Waals surface area contributed by atoms with Crippen molar-refractivity contribution in [2.24, 2.45) is 7.05 Å². The van der Waals surface area contributed by atoms with Crippen LogP contribution in [0.25, 0.3) is 11.0 Å². The first-order chi connectivity index (χ1) is 9.37. The van der Waals surface area contributed by atoms with E-state index in [1.807, 2.05) is 31.5 Å². The molecule has 0 amide bonds. The molecule has 0 saturated carbocycles. The zero-order valence-corrected chi connectivity index (χ0v) is 13.2. The quantitative estimate of drug-likeness (QED) is 0.850. The summed E-state index contributed by atoms with van der Waals surface area (Å²) in [5, 5.41) is 0. The van der Waals surface area contributed by atoms with Crippen LogP contribution in [0.15, 0.2) is 23.1 Å². The minimum absolute atomic E-state index is 0.307. The topological polar surface area (TPSA) is 55.2 Å². The van der Waals surface area contributed by atoms with E-state index in [0.29, 0.717) is 11.4 Å². The molecule has 1 aromatic heterocycles. The minimum atomic E-state index is -3.42. The van der Waals surface area contributed by atoms with E-state index in [4.69, 9.17) is 0 Å². The SMILES string of the molecule is CCCCN(C)S(=O)(=O)c1ccc2c(c1)nc(C)n2C. The van der Waals surface area contributed by atoms with Gasteiger partial charge in [-0.1, -0.05) is 13.3 Å². The van der Waals surface area contributed by atoms with Crippen molar-refractivity contribution in [1.29, 1.82) is 0 Å². The number of aromatic nitrogens is 2. The van der Waals surface area contributed by atoms with Crippen LogP contribution >= 0.6 is 0 Å². The molecule has 0 fully saturated rings. The predicted molar refractivity (Wildman–Crippen MR) is 80.2 cm³/mol. The molecule has 0 aliphatic rings. The molecule has 0 atom stereocenters. The van der Waals surface area contributed by atoms with Gasteiger partial charge in [-0.2, -0.15) is 0 Å². The summed E-state index contributed by atoms with van der Waals surface area (Å²) in [5.41, 5.74) is 1.66. The molecule has 2 aromatic rings. The lowest BCUT2D eigenvalue weighted by Gasteiger charge is -2.16. The van der Waals surface area contributed by atoms with Gasteiger partial charge < -0.3 is 4.57 Å². The van der Waals surface area contributed by atoms with Crippen LogP contribution in [0, 0.1) is 6.92 Å². The molecule has 110 valence electrons. The fraction of sp³-hybridized carbons (Fsp3) is 0.500. The van der Waals surface area contributed by atoms with Crippen molar-refractivity contribution < 1.29 is 8.42 Å². The van der Waals surface area contributed by atoms with Crippen LogP contribution in [0.4, 0.5) is 0 Å². The molecule has 0 aliphatic heterocycles. The van der Waals surface area contributed by atoms with Gasteiger partial charge >= 0.3 is 0 Å². The number of benzene rings is 1. The maximum Gasteiger partial charge on any atom is 0.242 e. The lowest BCUT2D eigenvalue weighted by Crippen LogP contribution is -2.27. The molecule has 1 aromatic carbocycles. The monoisotopic (exact) mass is 295 g/mol. The molecule has 0 spiro atoms. The number of hydrogen-bond acceptors (Lipinski definition) is 3. The van der Waals surface area contributed by atoms with Gasteiger partial charge in [0.05, 0.1) is 15.9 Å². The van der Waals surface area contributed by atoms with Gasteiger partial charge in [0.25, 0.3) is 0 Å². The molecule has 0 radical (unpaired) electrons. The Kier molecular flexibility index (Phi) is 4.15. The zero-order chi connectivity index (χ0) is 14.9. The standard InChI is InChI=1S/C14H21N3O2S/c1-5-6-9-16(3)20(18,19)12-7-8-14-13(10-12)15-11(2)17(14)4/h7-8,10H,5-6,9H2,1-4H3. The molecule has 0 bridgehead atoms. The van der Waals surface area contributed by atoms with E-state index in [-0.39, 0.29) is 0 Å². The number of sulfonamides is 1. The van der Waals surface area contributed by atoms with Gasteiger partial charge in [-0.3, -0.25) is 0 Å². The fourth-order valence-corrected chi connectivity index (χ4v) is 3.37. The average Bonchev–Trinajstić information content (AvgIpc) is 2.70. The second kappa shape index (κ2) is 5.54. The van der Waals surface area contributed by atoms with Crippen molar-refractivity contribution in [3.05, 3.63) is 24.0 Å². The summed E-state index contributed by atoms with van der Waals surface area (Å²) in [4.78, 5) is 4.70. The van der Waals surface area contributed by atoms with E-state index in [9.17, 15) is 8.42 Å². The first-order valence-corrected chi connectivity index (χ1v) is 8.21. The molecule has 20 heavy (non-hydrogen) atoms. The van der Waals surface area contributed by atoms with Crippen LogP contribution in [0.1, 0.15) is 25.6 Å². The van der Waals surface area contributed by atoms with E-state index in [2.05, 4.69) is 4.98 Å². The highest BCUT2D eigenvalue weighted by atomic mass is 32.2. The second-order valence-electron chi connectivity index (χ2n) is 5.05. The van der Waals surface area contributed by atoms with E-state index in [0.717, 1.165) is 29.7 Å². The molecule has 1 heterocycles. The van der Waals surface area contributed by atoms with E-state index < -0.39 is 10.0 Å². The molecular weight excluding hydrogens is 274 g/mol. The molecule has 0 aliphatic carbocycles. The van der Waals surface area contributed by atoms with E-state index in [1.54, 1.807) is 19.2 Å². The number of hydrogen-bond donors (Lipinski definition) is 0. The van der Waals surface area contributed by atoms with Crippen molar-refractivity contribution in [2.45, 2.75) is 31.6 Å². The van der Waals surface area contributed by atoms with Crippen molar-refractivity contribution in [1.82, 2.24) is 13.9 Å². The molecule has 2 rings (SSSR count). The molecular formula is C14H21N3O2S. The molecule has 0 unspecified atom stereocenters. The highest BCUT2D eigenvalue weighted by Gasteiger charge is 2.21. The summed E-state index contributed by atoms with van der Waals surface area (Å²) >= 11 is 0. The third-order valence-electron chi connectivity index (χ3n) is 3.61. The maximum absolute atomic E-state index is 12.5. The largest absolute Gasteiger partial charge is 0.331 e. The Morgan fingerprint density at radius 1 is 1.35 bits per heavy atom. The highest BCUT2D eigenvalue weighted by Crippen LogP contribution is 2.21. The van der Waals surface area contributed by atoms with Crippen LogP contribution < -0.4 is 0 Å². The number of fused-ring (bicyclic) bond motifs is 1. The summed E-state index contributed by atoms with van der Waals surface area (Å²) in [6, 6.07) is 5.12. The van der Waals surface area contributed by atoms with Gasteiger partial charge in [0.15, 0.2) is 0 Å². The molecule has 0 N–H and O–H groups in total. The van der Waals surface area contributed by atoms with Gasteiger partial charge in [0, 0.05) is 20.6 Å². The van der Waals surface area contributed by atoms with Crippen LogP contribution in [0.3, 0.4) is 0 Å². The van der Waals surface area contributed by atoms with Crippen molar-refractivity contribution >= 4 is 21.1 Å². The minimum Gasteiger partial charge on any atom is -0.331 e. The third-order valence-corrected chi connectivity index (χ3v) is 5.46. The van der Waals surface area contributed by atoms with Crippen LogP contribution in [0.2, 0.25) is 0 Å². The summed E-state index contributed by atoms with van der Waals surface area (Å²) in [5.74, 6) is 0.869. The summed E-state index contributed by atoms with van der Waals surface area (Å²) < 4.78 is 28.3. The molecule has 0 saturated heterocycles. The van der Waals surface area contributed by atoms with Crippen LogP contribution in [0.5, 0.6) is 0 Å². The average molecular weight is 295 g/mol. The van der Waals surface area contributed by atoms with Gasteiger partial charge in [-0.25, -0.2) is 17.7 Å². The highest BCUT2D eigenvalue weighted by molar-refractivity contribution is 7.89. The Morgan fingerprint density at radius 3 is 2.70 bits per heavy atom. The van der Waals surface area contributed by atoms with Crippen molar-refractivity contribution in [3.8, 4) is 0 Å². The third kappa shape index (κ3) is 2.58. The summed E-state index contributed by atoms with van der Waals surface area (Å²) in [7, 11) is 0.124. The normalized spacial score (nSPS) is 12.4. The van der Waals surface area contributed by atoms with Crippen molar-refractivity contribution in [3.63, 3.8) is 0 Å². The Labute approximate surface area is 120 Å². The van der Waals surface area contributed by atoms with Gasteiger partial charge in [-0.15, -0.1) is 0 Å². The maximum atomic E-state index is 12.5. The lowest BCUT2D eigenvalue weighted by molar-refractivity contribution is 0.459. The summed E-state index contributed by atoms with van der Waals surface area (Å²) in [6.07, 6.45) is 1.83. The van der Waals surface area contributed by atoms with E-state index in [1.165, 1.54) is 4.31 Å². The summed E-state index contributed by atoms with van der Waals surface area (Å²) in [6.45, 7) is 4.49. The second-order valence-corrected chi connectivity index (χ2v) is 7.09. The van der Waals surface area contributed by atoms with Gasteiger partial charge in [-0.05, 0) is 31.5 Å². The Morgan fingerprint density at radius 2 is 2.05 bits per heavy atom. The number of unbranched alkanes of at least 4 members (excludes halogenated alkanes) is 1. The fourth-order valence-electron chi connectivity index (χ4n) is 2.14. The smallest absolute Gasteiger partial charge is 0.242 e. The Bertz CT molecular complexity index is 719. The first kappa shape index (κ1) is 15.0. The number of imidazole rings is 1. The molecule has 6 heteroatoms. The molecule has 5 nitrogen and oxygen atoms in total. The number of aryl methyl sites for hydroxylation is 2. The van der Waals surface area contributed by atoms with Crippen molar-refractivity contribution in [2.75, 3.05) is 13.6 Å². The van der Waals surface area contributed by atoms with Crippen LogP contribution in [-0.2, 0) is 17.1 Å². The van der Waals surface area contributed by atoms with Crippen LogP contribution in [-0.4, -0.2) is 35.9 Å². The lowest BCUT2D eigenvalue weighted by atomic mass is 10.3. The zero-order valence-electron chi connectivity index (χ0n) is 12.4. The first-order valence-electron chi connectivity index (χ1n) is 6.77. The predicted octanol–water partition coefficient (Wildman–Crippen LogP) is 2.30. The Balaban J connectivity index is 2.42. The number of rotatable bonds is 5. The van der Waals surface area contributed by atoms with E-state index >= 15 is 0 Å². The Hall–Kier alpha value is -1.40. The van der Waals surface area contributed by atoms with Gasteiger partial charge in [0.1, 0.15) is 5.82 Å². The number of nitrogens with zero attached hydrogens (tertiary/aromatic N) is 3. The van der Waals surface area contributed by atoms with Gasteiger partial charge in [0.2, 0.25) is 10.0 Å².